The molecule has 0 radical (unpaired) electrons. The summed E-state index contributed by atoms with van der Waals surface area (Å²) in [4.78, 5) is 41.6. The van der Waals surface area contributed by atoms with Gasteiger partial charge in [-0.05, 0) is 12.5 Å². The van der Waals surface area contributed by atoms with Gasteiger partial charge in [0, 0.05) is 6.04 Å². The van der Waals surface area contributed by atoms with Crippen molar-refractivity contribution in [2.45, 2.75) is 57.7 Å². The molecule has 1 aliphatic carbocycles. The quantitative estimate of drug-likeness (QED) is 0.355. The van der Waals surface area contributed by atoms with Crippen molar-refractivity contribution in [3.63, 3.8) is 0 Å². The number of nitrogens with zero attached hydrogens (tertiary/aromatic N) is 2. The van der Waals surface area contributed by atoms with Crippen LogP contribution in [0.25, 0.3) is 0 Å². The van der Waals surface area contributed by atoms with Gasteiger partial charge in [-0.1, -0.05) is 30.3 Å². The zero-order valence-electron chi connectivity index (χ0n) is 20.6. The van der Waals surface area contributed by atoms with Gasteiger partial charge >= 0.3 is 126 Å². The second-order valence-electron chi connectivity index (χ2n) is 9.56. The fourth-order valence-corrected chi connectivity index (χ4v) is 4.89. The SMILES string of the molecule is CC(CC(=O)OCc1ccccc1)NC(=O)CNC(=O)C1CCCC(N2CCN(CB=O)CC2)C1. The molecular weight excluding hydrogens is 447 g/mol. The molecule has 0 spiro atoms. The van der Waals surface area contributed by atoms with Gasteiger partial charge in [-0.25, -0.2) is 0 Å². The van der Waals surface area contributed by atoms with Crippen LogP contribution in [-0.2, 0) is 30.4 Å². The molecule has 1 saturated heterocycles. The van der Waals surface area contributed by atoms with Crippen LogP contribution in [-0.4, -0.2) is 86.0 Å². The number of amides is 2. The summed E-state index contributed by atoms with van der Waals surface area (Å²) in [6.45, 7) is 5.43. The Kier molecular flexibility index (Phi) is 10.9. The Morgan fingerprint density at radius 1 is 1.11 bits per heavy atom. The molecule has 35 heavy (non-hydrogen) atoms. The number of hydrogen-bond acceptors (Lipinski definition) is 7. The van der Waals surface area contributed by atoms with Crippen LogP contribution in [0.4, 0.5) is 0 Å². The summed E-state index contributed by atoms with van der Waals surface area (Å²) in [7, 11) is 0.950. The van der Waals surface area contributed by atoms with Crippen molar-refractivity contribution in [1.29, 1.82) is 0 Å². The molecule has 1 heterocycles. The van der Waals surface area contributed by atoms with Gasteiger partial charge in [0.05, 0.1) is 6.42 Å². The maximum absolute atomic E-state index is 12.7. The summed E-state index contributed by atoms with van der Waals surface area (Å²) in [5.41, 5.74) is 0.908. The minimum absolute atomic E-state index is 0.0664. The Balaban J connectivity index is 1.32. The van der Waals surface area contributed by atoms with Crippen LogP contribution in [0.15, 0.2) is 30.3 Å². The number of piperazine rings is 1. The molecule has 2 aliphatic rings. The minimum atomic E-state index is -0.389. The van der Waals surface area contributed by atoms with E-state index in [0.717, 1.165) is 64.6 Å². The standard InChI is InChI=1S/C25H37BN4O5/c1-19(14-24(32)35-17-20-6-3-2-4-7-20)28-23(31)16-27-25(33)21-8-5-9-22(15-21)30-12-10-29(11-13-30)18-26-34/h2-4,6-7,19,21-22H,5,8-18H2,1H3,(H,27,33)(H,28,31). The van der Waals surface area contributed by atoms with Gasteiger partial charge in [0.15, 0.2) is 0 Å². The molecule has 3 rings (SSSR count). The van der Waals surface area contributed by atoms with E-state index >= 15 is 0 Å². The van der Waals surface area contributed by atoms with Gasteiger partial charge in [-0.15, -0.1) is 0 Å². The van der Waals surface area contributed by atoms with Crippen LogP contribution >= 0.6 is 0 Å². The molecule has 0 bridgehead atoms. The number of hydrogen-bond donors (Lipinski definition) is 2. The fraction of sp³-hybridized carbons (Fsp3) is 0.640. The molecule has 10 heteroatoms. The summed E-state index contributed by atoms with van der Waals surface area (Å²) >= 11 is 0. The average molecular weight is 484 g/mol. The van der Waals surface area contributed by atoms with Crippen LogP contribution < -0.4 is 10.6 Å². The number of nitrogens with one attached hydrogen (secondary N) is 2. The number of rotatable bonds is 11. The Bertz CT molecular complexity index is 848. The van der Waals surface area contributed by atoms with E-state index in [1.54, 1.807) is 6.92 Å². The van der Waals surface area contributed by atoms with Crippen molar-refractivity contribution in [3.05, 3.63) is 35.9 Å². The second kappa shape index (κ2) is 14.1. The monoisotopic (exact) mass is 484 g/mol. The molecule has 1 aromatic rings. The predicted molar refractivity (Wildman–Crippen MR) is 132 cm³/mol. The first kappa shape index (κ1) is 27.0. The summed E-state index contributed by atoms with van der Waals surface area (Å²) in [5, 5.41) is 5.52. The van der Waals surface area contributed by atoms with Crippen molar-refractivity contribution in [2.24, 2.45) is 5.92 Å². The second-order valence-corrected chi connectivity index (χ2v) is 9.56. The molecule has 1 saturated carbocycles. The zero-order chi connectivity index (χ0) is 25.0. The molecule has 2 fully saturated rings. The Morgan fingerprint density at radius 2 is 1.86 bits per heavy atom. The molecule has 0 aromatic heterocycles. The summed E-state index contributed by atoms with van der Waals surface area (Å²) < 4.78 is 16.0. The molecule has 1 aliphatic heterocycles. The van der Waals surface area contributed by atoms with E-state index in [9.17, 15) is 19.1 Å². The third-order valence-electron chi connectivity index (χ3n) is 6.82. The normalized spacial score (nSPS) is 22.0. The van der Waals surface area contributed by atoms with Crippen molar-refractivity contribution in [1.82, 2.24) is 20.4 Å². The van der Waals surface area contributed by atoms with E-state index in [0.29, 0.717) is 12.5 Å². The molecule has 9 nitrogen and oxygen atoms in total. The maximum atomic E-state index is 12.7. The third-order valence-corrected chi connectivity index (χ3v) is 6.82. The van der Waals surface area contributed by atoms with E-state index < -0.39 is 0 Å². The van der Waals surface area contributed by atoms with Crippen LogP contribution in [0.1, 0.15) is 44.6 Å². The Morgan fingerprint density at radius 3 is 2.57 bits per heavy atom. The topological polar surface area (TPSA) is 108 Å². The summed E-state index contributed by atoms with van der Waals surface area (Å²) in [6.07, 6.45) is 4.25. The number of carbonyl (C=O) groups excluding carboxylic acids is 3. The zero-order valence-corrected chi connectivity index (χ0v) is 20.6. The van der Waals surface area contributed by atoms with Crippen molar-refractivity contribution in [3.8, 4) is 0 Å². The van der Waals surface area contributed by atoms with Crippen LogP contribution in [0.3, 0.4) is 0 Å². The van der Waals surface area contributed by atoms with Crippen molar-refractivity contribution < 1.29 is 23.8 Å². The molecule has 1 aromatic carbocycles. The number of ether oxygens (including phenoxy) is 1. The summed E-state index contributed by atoms with van der Waals surface area (Å²) in [5.74, 6) is -0.884. The van der Waals surface area contributed by atoms with Crippen LogP contribution in [0.2, 0.25) is 0 Å². The van der Waals surface area contributed by atoms with Gasteiger partial charge in [-0.3, -0.25) is 9.59 Å². The van der Waals surface area contributed by atoms with E-state index in [-0.39, 0.29) is 49.3 Å². The van der Waals surface area contributed by atoms with Crippen molar-refractivity contribution >= 4 is 24.9 Å². The Labute approximate surface area is 208 Å². The first-order chi connectivity index (χ1) is 16.9. The average Bonchev–Trinajstić information content (AvgIpc) is 2.87. The molecule has 2 N–H and O–H groups in total. The van der Waals surface area contributed by atoms with E-state index in [1.165, 1.54) is 0 Å². The molecule has 3 atom stereocenters. The van der Waals surface area contributed by atoms with Gasteiger partial charge < -0.3 is 10.1 Å². The Hall–Kier alpha value is -2.59. The molecular formula is C25H37BN4O5. The van der Waals surface area contributed by atoms with Crippen molar-refractivity contribution in [2.75, 3.05) is 39.2 Å². The van der Waals surface area contributed by atoms with Crippen LogP contribution in [0.5, 0.6) is 0 Å². The van der Waals surface area contributed by atoms with Gasteiger partial charge in [0.2, 0.25) is 0 Å². The molecule has 2 amide bonds. The van der Waals surface area contributed by atoms with Gasteiger partial charge in [0.25, 0.3) is 0 Å². The third kappa shape index (κ3) is 9.18. The number of carbonyl (C=O) groups is 3. The van der Waals surface area contributed by atoms with E-state index in [1.807, 2.05) is 30.3 Å². The van der Waals surface area contributed by atoms with Gasteiger partial charge in [-0.2, -0.15) is 0 Å². The van der Waals surface area contributed by atoms with Gasteiger partial charge in [0.1, 0.15) is 6.61 Å². The number of esters is 1. The molecule has 190 valence electrons. The van der Waals surface area contributed by atoms with E-state index in [2.05, 4.69) is 20.4 Å². The first-order valence-electron chi connectivity index (χ1n) is 12.6. The summed E-state index contributed by atoms with van der Waals surface area (Å²) in [6, 6.07) is 9.40. The number of benzene rings is 1. The van der Waals surface area contributed by atoms with Crippen LogP contribution in [0, 0.1) is 5.92 Å². The van der Waals surface area contributed by atoms with E-state index in [4.69, 9.17) is 4.74 Å². The first-order valence-corrected chi connectivity index (χ1v) is 12.6. The molecule has 3 unspecified atom stereocenters. The predicted octanol–water partition coefficient (Wildman–Crippen LogP) is 0.924. The fourth-order valence-electron chi connectivity index (χ4n) is 4.89.